The summed E-state index contributed by atoms with van der Waals surface area (Å²) < 4.78 is 45.6. The van der Waals surface area contributed by atoms with Gasteiger partial charge in [0.25, 0.3) is 0 Å². The van der Waals surface area contributed by atoms with Crippen LogP contribution in [0, 0.1) is 11.7 Å². The quantitative estimate of drug-likeness (QED) is 0.799. The zero-order valence-electron chi connectivity index (χ0n) is 15.6. The van der Waals surface area contributed by atoms with Gasteiger partial charge in [0.05, 0.1) is 11.5 Å². The standard InChI is InChI=1S/C20H23FN2O4S/c1-2-27-18-6-8-19(9-7-18)28(25,26)23-12-10-15(11-13-23)20(24)22-17-5-3-4-16(21)14-17/h3-9,14-15H,2,10-13H2,1H3,(H,22,24). The number of rotatable bonds is 6. The van der Waals surface area contributed by atoms with Crippen LogP contribution in [0.25, 0.3) is 0 Å². The Kier molecular flexibility index (Phi) is 6.31. The van der Waals surface area contributed by atoms with Crippen molar-refractivity contribution in [3.63, 3.8) is 0 Å². The van der Waals surface area contributed by atoms with Crippen molar-refractivity contribution >= 4 is 21.6 Å². The van der Waals surface area contributed by atoms with Crippen LogP contribution in [0.2, 0.25) is 0 Å². The molecule has 8 heteroatoms. The summed E-state index contributed by atoms with van der Waals surface area (Å²) in [6.45, 7) is 2.89. The summed E-state index contributed by atoms with van der Waals surface area (Å²) >= 11 is 0. The molecule has 0 aliphatic carbocycles. The highest BCUT2D eigenvalue weighted by molar-refractivity contribution is 7.89. The first-order valence-corrected chi connectivity index (χ1v) is 10.6. The predicted molar refractivity (Wildman–Crippen MR) is 104 cm³/mol. The Morgan fingerprint density at radius 3 is 2.46 bits per heavy atom. The molecule has 1 fully saturated rings. The van der Waals surface area contributed by atoms with Crippen molar-refractivity contribution in [1.29, 1.82) is 0 Å². The van der Waals surface area contributed by atoms with Crippen LogP contribution < -0.4 is 10.1 Å². The van der Waals surface area contributed by atoms with Crippen LogP contribution in [0.3, 0.4) is 0 Å². The van der Waals surface area contributed by atoms with Gasteiger partial charge in [-0.15, -0.1) is 0 Å². The summed E-state index contributed by atoms with van der Waals surface area (Å²) in [6.07, 6.45) is 0.828. The maximum Gasteiger partial charge on any atom is 0.243 e. The highest BCUT2D eigenvalue weighted by atomic mass is 32.2. The summed E-state index contributed by atoms with van der Waals surface area (Å²) in [5.74, 6) is -0.331. The van der Waals surface area contributed by atoms with Crippen LogP contribution in [0.5, 0.6) is 5.75 Å². The second-order valence-corrected chi connectivity index (χ2v) is 8.52. The van der Waals surface area contributed by atoms with Crippen molar-refractivity contribution < 1.29 is 22.3 Å². The number of hydrogen-bond acceptors (Lipinski definition) is 4. The average molecular weight is 406 g/mol. The van der Waals surface area contributed by atoms with Gasteiger partial charge in [-0.3, -0.25) is 4.79 Å². The normalized spacial score (nSPS) is 15.9. The lowest BCUT2D eigenvalue weighted by Crippen LogP contribution is -2.41. The maximum atomic E-state index is 13.2. The first-order chi connectivity index (χ1) is 13.4. The van der Waals surface area contributed by atoms with E-state index in [4.69, 9.17) is 4.74 Å². The molecule has 1 heterocycles. The molecular weight excluding hydrogens is 383 g/mol. The third-order valence-electron chi connectivity index (χ3n) is 4.69. The highest BCUT2D eigenvalue weighted by Crippen LogP contribution is 2.26. The van der Waals surface area contributed by atoms with Crippen molar-refractivity contribution in [3.05, 3.63) is 54.3 Å². The van der Waals surface area contributed by atoms with Crippen LogP contribution >= 0.6 is 0 Å². The van der Waals surface area contributed by atoms with Crippen molar-refractivity contribution in [2.24, 2.45) is 5.92 Å². The number of amides is 1. The summed E-state index contributed by atoms with van der Waals surface area (Å²) in [7, 11) is -3.61. The van der Waals surface area contributed by atoms with Crippen LogP contribution in [-0.2, 0) is 14.8 Å². The van der Waals surface area contributed by atoms with Gasteiger partial charge in [-0.2, -0.15) is 4.31 Å². The molecule has 0 unspecified atom stereocenters. The van der Waals surface area contributed by atoms with Gasteiger partial charge in [0, 0.05) is 24.7 Å². The Morgan fingerprint density at radius 2 is 1.86 bits per heavy atom. The largest absolute Gasteiger partial charge is 0.494 e. The molecule has 0 bridgehead atoms. The van der Waals surface area contributed by atoms with Gasteiger partial charge in [-0.05, 0) is 62.2 Å². The molecule has 0 atom stereocenters. The van der Waals surface area contributed by atoms with Gasteiger partial charge < -0.3 is 10.1 Å². The fraction of sp³-hybridized carbons (Fsp3) is 0.350. The minimum absolute atomic E-state index is 0.207. The molecule has 150 valence electrons. The molecular formula is C20H23FN2O4S. The third-order valence-corrected chi connectivity index (χ3v) is 6.60. The molecule has 1 aliphatic heterocycles. The van der Waals surface area contributed by atoms with Crippen molar-refractivity contribution in [2.75, 3.05) is 25.0 Å². The van der Waals surface area contributed by atoms with E-state index in [9.17, 15) is 17.6 Å². The maximum absolute atomic E-state index is 13.2. The molecule has 0 saturated carbocycles. The van der Waals surface area contributed by atoms with E-state index in [-0.39, 0.29) is 29.8 Å². The Bertz CT molecular complexity index is 923. The zero-order valence-corrected chi connectivity index (χ0v) is 16.4. The SMILES string of the molecule is CCOc1ccc(S(=O)(=O)N2CCC(C(=O)Nc3cccc(F)c3)CC2)cc1. The molecule has 1 aliphatic rings. The zero-order chi connectivity index (χ0) is 20.1. The number of benzene rings is 2. The molecule has 3 rings (SSSR count). The number of nitrogens with one attached hydrogen (secondary N) is 1. The van der Waals surface area contributed by atoms with Crippen LogP contribution in [0.1, 0.15) is 19.8 Å². The second kappa shape index (κ2) is 8.70. The number of carbonyl (C=O) groups is 1. The van der Waals surface area contributed by atoms with Crippen LogP contribution in [0.4, 0.5) is 10.1 Å². The minimum Gasteiger partial charge on any atom is -0.494 e. The van der Waals surface area contributed by atoms with Gasteiger partial charge in [0.2, 0.25) is 15.9 Å². The number of sulfonamides is 1. The smallest absolute Gasteiger partial charge is 0.243 e. The Labute approximate surface area is 164 Å². The van der Waals surface area contributed by atoms with E-state index in [1.54, 1.807) is 18.2 Å². The van der Waals surface area contributed by atoms with E-state index in [0.29, 0.717) is 30.9 Å². The molecule has 0 aromatic heterocycles. The van der Waals surface area contributed by atoms with Gasteiger partial charge in [0.15, 0.2) is 0 Å². The fourth-order valence-electron chi connectivity index (χ4n) is 3.19. The second-order valence-electron chi connectivity index (χ2n) is 6.58. The van der Waals surface area contributed by atoms with Crippen molar-refractivity contribution in [3.8, 4) is 5.75 Å². The van der Waals surface area contributed by atoms with Gasteiger partial charge >= 0.3 is 0 Å². The number of ether oxygens (including phenoxy) is 1. The number of anilines is 1. The summed E-state index contributed by atoms with van der Waals surface area (Å²) in [4.78, 5) is 12.6. The fourth-order valence-corrected chi connectivity index (χ4v) is 4.66. The Hall–Kier alpha value is -2.45. The van der Waals surface area contributed by atoms with E-state index >= 15 is 0 Å². The lowest BCUT2D eigenvalue weighted by atomic mass is 9.97. The Morgan fingerprint density at radius 1 is 1.18 bits per heavy atom. The molecule has 1 saturated heterocycles. The predicted octanol–water partition coefficient (Wildman–Crippen LogP) is 3.26. The van der Waals surface area contributed by atoms with E-state index in [0.717, 1.165) is 0 Å². The van der Waals surface area contributed by atoms with E-state index in [1.165, 1.54) is 34.6 Å². The first-order valence-electron chi connectivity index (χ1n) is 9.19. The number of nitrogens with zero attached hydrogens (tertiary/aromatic N) is 1. The van der Waals surface area contributed by atoms with E-state index in [2.05, 4.69) is 5.32 Å². The van der Waals surface area contributed by atoms with Crippen LogP contribution in [0.15, 0.2) is 53.4 Å². The Balaban J connectivity index is 1.60. The summed E-state index contributed by atoms with van der Waals surface area (Å²) in [5.41, 5.74) is 0.398. The van der Waals surface area contributed by atoms with Gasteiger partial charge in [-0.1, -0.05) is 6.07 Å². The molecule has 0 spiro atoms. The molecule has 1 N–H and O–H groups in total. The summed E-state index contributed by atoms with van der Waals surface area (Å²) in [5, 5.41) is 2.70. The van der Waals surface area contributed by atoms with Gasteiger partial charge in [0.1, 0.15) is 11.6 Å². The first kappa shape index (κ1) is 20.3. The number of piperidine rings is 1. The van der Waals surface area contributed by atoms with Crippen molar-refractivity contribution in [1.82, 2.24) is 4.31 Å². The summed E-state index contributed by atoms with van der Waals surface area (Å²) in [6, 6.07) is 12.0. The van der Waals surface area contributed by atoms with Crippen molar-refractivity contribution in [2.45, 2.75) is 24.7 Å². The molecule has 1 amide bonds. The van der Waals surface area contributed by atoms with E-state index < -0.39 is 15.8 Å². The lowest BCUT2D eigenvalue weighted by molar-refractivity contribution is -0.120. The van der Waals surface area contributed by atoms with Crippen LogP contribution in [-0.4, -0.2) is 38.3 Å². The molecule has 6 nitrogen and oxygen atoms in total. The molecule has 28 heavy (non-hydrogen) atoms. The molecule has 2 aromatic carbocycles. The minimum atomic E-state index is -3.61. The van der Waals surface area contributed by atoms with E-state index in [1.807, 2.05) is 6.92 Å². The molecule has 0 radical (unpaired) electrons. The third kappa shape index (κ3) is 4.69. The highest BCUT2D eigenvalue weighted by Gasteiger charge is 2.32. The van der Waals surface area contributed by atoms with Gasteiger partial charge in [-0.25, -0.2) is 12.8 Å². The number of hydrogen-bond donors (Lipinski definition) is 1. The number of carbonyl (C=O) groups excluding carboxylic acids is 1. The molecule has 2 aromatic rings. The number of halogens is 1. The monoisotopic (exact) mass is 406 g/mol. The lowest BCUT2D eigenvalue weighted by Gasteiger charge is -2.30. The topological polar surface area (TPSA) is 75.7 Å². The average Bonchev–Trinajstić information content (AvgIpc) is 2.69.